The van der Waals surface area contributed by atoms with Gasteiger partial charge in [-0.3, -0.25) is 4.79 Å². The fourth-order valence-corrected chi connectivity index (χ4v) is 4.09. The fraction of sp³-hybridized carbons (Fsp3) is 0.500. The maximum atomic E-state index is 12.5. The number of ketones is 1. The van der Waals surface area contributed by atoms with Crippen LogP contribution in [0.5, 0.6) is 0 Å². The summed E-state index contributed by atoms with van der Waals surface area (Å²) in [5.41, 5.74) is 0.755. The van der Waals surface area contributed by atoms with Gasteiger partial charge in [-0.15, -0.1) is 15.3 Å². The average molecular weight is 384 g/mol. The molecular formula is C20H24N4O4. The lowest BCUT2D eigenvalue weighted by Crippen LogP contribution is -2.30. The Hall–Kier alpha value is -2.74. The van der Waals surface area contributed by atoms with Crippen LogP contribution in [0.3, 0.4) is 0 Å². The summed E-state index contributed by atoms with van der Waals surface area (Å²) in [5, 5.41) is 23.2. The topological polar surface area (TPSA) is 102 Å². The zero-order valence-corrected chi connectivity index (χ0v) is 16.0. The van der Waals surface area contributed by atoms with Crippen LogP contribution in [0.2, 0.25) is 0 Å². The summed E-state index contributed by atoms with van der Waals surface area (Å²) >= 11 is 0. The Morgan fingerprint density at radius 1 is 1.36 bits per heavy atom. The smallest absolute Gasteiger partial charge is 0.196 e. The van der Waals surface area contributed by atoms with Crippen molar-refractivity contribution in [1.82, 2.24) is 9.78 Å². The average Bonchev–Trinajstić information content (AvgIpc) is 3.37. The van der Waals surface area contributed by atoms with E-state index in [1.807, 2.05) is 13.0 Å². The normalized spacial score (nSPS) is 24.0. The number of hydrogen-bond acceptors (Lipinski definition) is 7. The Labute approximate surface area is 162 Å². The van der Waals surface area contributed by atoms with Crippen LogP contribution in [-0.2, 0) is 9.53 Å². The number of methoxy groups -OCH3 is 1. The Kier molecular flexibility index (Phi) is 5.13. The molecule has 0 spiro atoms. The van der Waals surface area contributed by atoms with E-state index in [1.54, 1.807) is 30.2 Å². The van der Waals surface area contributed by atoms with Gasteiger partial charge in [-0.1, -0.05) is 12.8 Å². The van der Waals surface area contributed by atoms with Crippen LogP contribution < -0.4 is 0 Å². The molecule has 2 heterocycles. The predicted molar refractivity (Wildman–Crippen MR) is 101 cm³/mol. The summed E-state index contributed by atoms with van der Waals surface area (Å²) < 4.78 is 12.5. The number of fused-ring (bicyclic) bond motifs is 1. The van der Waals surface area contributed by atoms with Crippen molar-refractivity contribution in [3.8, 4) is 11.5 Å². The van der Waals surface area contributed by atoms with Crippen LogP contribution >= 0.6 is 0 Å². The van der Waals surface area contributed by atoms with E-state index in [-0.39, 0.29) is 35.3 Å². The lowest BCUT2D eigenvalue weighted by molar-refractivity contribution is -0.118. The first-order valence-corrected chi connectivity index (χ1v) is 9.62. The van der Waals surface area contributed by atoms with Gasteiger partial charge in [0.25, 0.3) is 0 Å². The Morgan fingerprint density at radius 2 is 2.18 bits per heavy atom. The molecule has 4 rings (SSSR count). The maximum absolute atomic E-state index is 12.5. The van der Waals surface area contributed by atoms with Crippen LogP contribution in [0.25, 0.3) is 11.5 Å². The molecule has 3 unspecified atom stereocenters. The van der Waals surface area contributed by atoms with E-state index >= 15 is 0 Å². The molecule has 1 fully saturated rings. The molecule has 0 aliphatic heterocycles. The number of aliphatic hydroxyl groups is 1. The monoisotopic (exact) mass is 384 g/mol. The van der Waals surface area contributed by atoms with Gasteiger partial charge in [-0.05, 0) is 37.8 Å². The molecule has 1 N–H and O–H groups in total. The highest BCUT2D eigenvalue weighted by atomic mass is 16.5. The number of nitrogens with zero attached hydrogens (tertiary/aromatic N) is 4. The minimum atomic E-state index is -0.337. The molecule has 0 aromatic carbocycles. The van der Waals surface area contributed by atoms with Crippen molar-refractivity contribution in [3.63, 3.8) is 0 Å². The zero-order chi connectivity index (χ0) is 19.7. The number of allylic oxidation sites excluding steroid dienone is 2. The summed E-state index contributed by atoms with van der Waals surface area (Å²) in [7, 11) is 1.59. The fourth-order valence-electron chi connectivity index (χ4n) is 4.09. The molecule has 1 saturated carbocycles. The minimum absolute atomic E-state index is 0.0187. The van der Waals surface area contributed by atoms with Crippen molar-refractivity contribution >= 4 is 11.6 Å². The van der Waals surface area contributed by atoms with Gasteiger partial charge in [-0.25, -0.2) is 4.68 Å². The molecule has 2 aromatic heterocycles. The largest absolute Gasteiger partial charge is 0.510 e. The zero-order valence-electron chi connectivity index (χ0n) is 16.0. The molecular weight excluding hydrogens is 360 g/mol. The Bertz CT molecular complexity index is 913. The maximum Gasteiger partial charge on any atom is 0.196 e. The highest BCUT2D eigenvalue weighted by Gasteiger charge is 2.38. The van der Waals surface area contributed by atoms with E-state index in [2.05, 4.69) is 15.3 Å². The number of hydrogen-bond donors (Lipinski definition) is 1. The molecule has 8 nitrogen and oxygen atoms in total. The van der Waals surface area contributed by atoms with Crippen molar-refractivity contribution in [2.45, 2.75) is 45.3 Å². The molecule has 148 valence electrons. The molecule has 2 aromatic rings. The second kappa shape index (κ2) is 7.71. The van der Waals surface area contributed by atoms with Crippen molar-refractivity contribution in [2.24, 2.45) is 22.1 Å². The van der Waals surface area contributed by atoms with Gasteiger partial charge in [0.15, 0.2) is 23.1 Å². The molecule has 0 saturated heterocycles. The van der Waals surface area contributed by atoms with Gasteiger partial charge in [-0.2, -0.15) is 0 Å². The van der Waals surface area contributed by atoms with Gasteiger partial charge in [0, 0.05) is 25.5 Å². The summed E-state index contributed by atoms with van der Waals surface area (Å²) in [4.78, 5) is 12.5. The first-order chi connectivity index (χ1) is 13.6. The minimum Gasteiger partial charge on any atom is -0.510 e. The Balaban J connectivity index is 1.65. The predicted octanol–water partition coefficient (Wildman–Crippen LogP) is 4.94. The number of carbonyl (C=O) groups excluding carboxylic acids is 1. The van der Waals surface area contributed by atoms with E-state index in [0.717, 1.165) is 25.7 Å². The molecule has 3 atom stereocenters. The molecule has 0 amide bonds. The second-order valence-electron chi connectivity index (χ2n) is 7.36. The van der Waals surface area contributed by atoms with Crippen molar-refractivity contribution in [2.75, 3.05) is 7.11 Å². The quantitative estimate of drug-likeness (QED) is 0.736. The summed E-state index contributed by atoms with van der Waals surface area (Å²) in [6.45, 7) is 1.85. The van der Waals surface area contributed by atoms with Crippen molar-refractivity contribution in [1.29, 1.82) is 0 Å². The van der Waals surface area contributed by atoms with Crippen LogP contribution in [0, 0.1) is 11.8 Å². The van der Waals surface area contributed by atoms with Crippen LogP contribution in [0.4, 0.5) is 5.82 Å². The lowest BCUT2D eigenvalue weighted by Gasteiger charge is -2.34. The molecule has 8 heteroatoms. The van der Waals surface area contributed by atoms with Gasteiger partial charge in [0.05, 0.1) is 6.26 Å². The number of aromatic nitrogens is 2. The van der Waals surface area contributed by atoms with Crippen molar-refractivity contribution in [3.05, 3.63) is 35.9 Å². The number of furan rings is 1. The number of ether oxygens (including phenoxy) is 1. The lowest BCUT2D eigenvalue weighted by atomic mass is 9.72. The van der Waals surface area contributed by atoms with E-state index in [9.17, 15) is 9.90 Å². The highest BCUT2D eigenvalue weighted by molar-refractivity contribution is 5.96. The third kappa shape index (κ3) is 3.40. The Morgan fingerprint density at radius 3 is 2.93 bits per heavy atom. The summed E-state index contributed by atoms with van der Waals surface area (Å²) in [5.74, 6) is 1.12. The first kappa shape index (κ1) is 18.6. The van der Waals surface area contributed by atoms with Crippen LogP contribution in [-0.4, -0.2) is 27.8 Å². The van der Waals surface area contributed by atoms with E-state index in [0.29, 0.717) is 23.7 Å². The summed E-state index contributed by atoms with van der Waals surface area (Å²) in [6.07, 6.45) is 5.72. The number of aliphatic hydroxyl groups excluding tert-OH is 1. The highest BCUT2D eigenvalue weighted by Crippen LogP contribution is 2.41. The summed E-state index contributed by atoms with van der Waals surface area (Å²) in [6, 6.07) is 5.32. The number of carbonyl (C=O) groups is 1. The molecule has 2 aliphatic carbocycles. The van der Waals surface area contributed by atoms with Gasteiger partial charge < -0.3 is 14.3 Å². The van der Waals surface area contributed by atoms with Crippen LogP contribution in [0.1, 0.15) is 45.3 Å². The SMILES string of the molecule is COC(C)n1nc(N=NC2=C(O)C3CCCCC3CC2=O)cc1-c1ccco1. The molecule has 2 aliphatic rings. The van der Waals surface area contributed by atoms with Crippen LogP contribution in [0.15, 0.2) is 50.6 Å². The first-order valence-electron chi connectivity index (χ1n) is 9.62. The van der Waals surface area contributed by atoms with E-state index in [4.69, 9.17) is 9.15 Å². The van der Waals surface area contributed by atoms with Crippen molar-refractivity contribution < 1.29 is 19.1 Å². The third-order valence-corrected chi connectivity index (χ3v) is 5.65. The van der Waals surface area contributed by atoms with Gasteiger partial charge in [0.1, 0.15) is 17.7 Å². The number of rotatable bonds is 5. The molecule has 0 radical (unpaired) electrons. The van der Waals surface area contributed by atoms with E-state index in [1.165, 1.54) is 0 Å². The standard InChI is InChI=1S/C20H24N4O4/c1-12(27-2)24-15(17-8-5-9-28-17)11-18(23-24)21-22-19-16(25)10-13-6-3-4-7-14(13)20(19)26/h5,8-9,11-14,26H,3-4,6-7,10H2,1-2H3. The third-order valence-electron chi connectivity index (χ3n) is 5.65. The van der Waals surface area contributed by atoms with Gasteiger partial charge in [0.2, 0.25) is 0 Å². The van der Waals surface area contributed by atoms with Gasteiger partial charge >= 0.3 is 0 Å². The number of azo groups is 1. The number of Topliss-reactive ketones (excluding diaryl/α,β-unsaturated/α-hetero) is 1. The second-order valence-corrected chi connectivity index (χ2v) is 7.36. The molecule has 0 bridgehead atoms. The van der Waals surface area contributed by atoms with E-state index < -0.39 is 0 Å². The molecule has 28 heavy (non-hydrogen) atoms.